The van der Waals surface area contributed by atoms with E-state index in [1.54, 1.807) is 26.0 Å². The van der Waals surface area contributed by atoms with E-state index in [0.717, 1.165) is 0 Å². The van der Waals surface area contributed by atoms with E-state index >= 15 is 0 Å². The maximum Gasteiger partial charge on any atom is 0.276 e. The summed E-state index contributed by atoms with van der Waals surface area (Å²) in [6.45, 7) is 3.56. The lowest BCUT2D eigenvalue weighted by Crippen LogP contribution is -2.40. The molecule has 0 bridgehead atoms. The fraction of sp³-hybridized carbons (Fsp3) is 0.267. The van der Waals surface area contributed by atoms with Gasteiger partial charge in [-0.15, -0.1) is 12.4 Å². The molecule has 2 rings (SSSR count). The average Bonchev–Trinajstić information content (AvgIpc) is 2.48. The molecule has 0 fully saturated rings. The Morgan fingerprint density at radius 1 is 1.43 bits per heavy atom. The van der Waals surface area contributed by atoms with Gasteiger partial charge in [0.15, 0.2) is 5.69 Å². The molecule has 23 heavy (non-hydrogen) atoms. The molecule has 0 aliphatic heterocycles. The Labute approximate surface area is 138 Å². The third-order valence-corrected chi connectivity index (χ3v) is 3.13. The van der Waals surface area contributed by atoms with Crippen molar-refractivity contribution >= 4 is 18.3 Å². The maximum absolute atomic E-state index is 13.9. The van der Waals surface area contributed by atoms with E-state index in [0.29, 0.717) is 5.69 Å². The minimum absolute atomic E-state index is 0. The monoisotopic (exact) mass is 340 g/mol. The molecule has 0 saturated carbocycles. The van der Waals surface area contributed by atoms with Crippen molar-refractivity contribution in [2.75, 3.05) is 6.54 Å². The molecule has 0 radical (unpaired) electrons. The van der Waals surface area contributed by atoms with Crippen LogP contribution in [0.4, 0.5) is 4.39 Å². The second-order valence-corrected chi connectivity index (χ2v) is 4.97. The molecule has 0 aliphatic carbocycles. The van der Waals surface area contributed by atoms with E-state index in [2.05, 4.69) is 10.4 Å². The van der Waals surface area contributed by atoms with Gasteiger partial charge < -0.3 is 11.1 Å². The number of nitrogens with two attached hydrogens (primary N) is 1. The average molecular weight is 341 g/mol. The molecular formula is C15H18ClFN4O2. The molecule has 3 N–H and O–H groups in total. The number of aromatic nitrogens is 2. The van der Waals surface area contributed by atoms with Gasteiger partial charge in [-0.25, -0.2) is 9.07 Å². The normalized spacial score (nSPS) is 11.5. The van der Waals surface area contributed by atoms with Gasteiger partial charge in [0.1, 0.15) is 11.5 Å². The first-order valence-corrected chi connectivity index (χ1v) is 6.81. The Hall–Kier alpha value is -2.25. The highest BCUT2D eigenvalue weighted by Crippen LogP contribution is 2.13. The molecular weight excluding hydrogens is 323 g/mol. The first-order chi connectivity index (χ1) is 10.4. The van der Waals surface area contributed by atoms with Gasteiger partial charge in [-0.05, 0) is 26.0 Å². The summed E-state index contributed by atoms with van der Waals surface area (Å²) in [5.41, 5.74) is 5.21. The number of benzene rings is 1. The number of rotatable bonds is 4. The Balaban J connectivity index is 0.00000264. The lowest BCUT2D eigenvalue weighted by Gasteiger charge is -2.13. The van der Waals surface area contributed by atoms with Crippen LogP contribution in [0.1, 0.15) is 23.1 Å². The summed E-state index contributed by atoms with van der Waals surface area (Å²) in [6.07, 6.45) is 0. The summed E-state index contributed by atoms with van der Waals surface area (Å²) in [6, 6.07) is 6.95. The summed E-state index contributed by atoms with van der Waals surface area (Å²) in [4.78, 5) is 24.0. The highest BCUT2D eigenvalue weighted by atomic mass is 35.5. The zero-order valence-corrected chi connectivity index (χ0v) is 13.6. The zero-order chi connectivity index (χ0) is 16.3. The number of halogens is 2. The van der Waals surface area contributed by atoms with Gasteiger partial charge in [0.2, 0.25) is 5.43 Å². The van der Waals surface area contributed by atoms with Crippen molar-refractivity contribution in [1.29, 1.82) is 0 Å². The number of nitrogens with one attached hydrogen (secondary N) is 1. The van der Waals surface area contributed by atoms with Gasteiger partial charge in [-0.3, -0.25) is 9.59 Å². The molecule has 8 heteroatoms. The van der Waals surface area contributed by atoms with Gasteiger partial charge >= 0.3 is 0 Å². The van der Waals surface area contributed by atoms with Crippen molar-refractivity contribution in [3.05, 3.63) is 57.8 Å². The number of carbonyl (C=O) groups excluding carboxylic acids is 1. The van der Waals surface area contributed by atoms with Crippen molar-refractivity contribution in [1.82, 2.24) is 15.1 Å². The minimum atomic E-state index is -0.631. The van der Waals surface area contributed by atoms with Crippen LogP contribution in [0, 0.1) is 12.7 Å². The van der Waals surface area contributed by atoms with Crippen LogP contribution in [0.25, 0.3) is 5.69 Å². The molecule has 0 saturated heterocycles. The molecule has 0 unspecified atom stereocenters. The SMILES string of the molecule is Cc1cc(=O)c(C(=O)N[C@@H](C)CN)nn1-c1ccccc1F.Cl. The fourth-order valence-corrected chi connectivity index (χ4v) is 1.92. The second-order valence-electron chi connectivity index (χ2n) is 4.97. The van der Waals surface area contributed by atoms with Crippen LogP contribution in [0.15, 0.2) is 35.1 Å². The van der Waals surface area contributed by atoms with E-state index in [4.69, 9.17) is 5.73 Å². The summed E-state index contributed by atoms with van der Waals surface area (Å²) >= 11 is 0. The number of carbonyl (C=O) groups is 1. The molecule has 1 atom stereocenters. The third-order valence-electron chi connectivity index (χ3n) is 3.13. The predicted octanol–water partition coefficient (Wildman–Crippen LogP) is 1.18. The van der Waals surface area contributed by atoms with Gasteiger partial charge in [-0.2, -0.15) is 5.10 Å². The van der Waals surface area contributed by atoms with Gasteiger partial charge in [0.25, 0.3) is 5.91 Å². The summed E-state index contributed by atoms with van der Waals surface area (Å²) in [5, 5.41) is 6.57. The quantitative estimate of drug-likeness (QED) is 0.874. The van der Waals surface area contributed by atoms with Gasteiger partial charge in [0.05, 0.1) is 0 Å². The molecule has 1 aromatic heterocycles. The largest absolute Gasteiger partial charge is 0.347 e. The molecule has 1 heterocycles. The standard InChI is InChI=1S/C15H17FN4O2.ClH/c1-9(8-17)18-15(22)14-13(21)7-10(2)20(19-14)12-6-4-3-5-11(12)16;/h3-7,9H,8,17H2,1-2H3,(H,18,22);1H/t9-;/m0./s1. The van der Waals surface area contributed by atoms with Crippen molar-refractivity contribution in [2.45, 2.75) is 19.9 Å². The van der Waals surface area contributed by atoms with Crippen molar-refractivity contribution in [3.63, 3.8) is 0 Å². The Kier molecular flexibility index (Phi) is 6.41. The molecule has 1 amide bonds. The number of hydrogen-bond acceptors (Lipinski definition) is 4. The van der Waals surface area contributed by atoms with Crippen LogP contribution in [-0.4, -0.2) is 28.3 Å². The zero-order valence-electron chi connectivity index (χ0n) is 12.7. The van der Waals surface area contributed by atoms with Crippen molar-refractivity contribution < 1.29 is 9.18 Å². The highest BCUT2D eigenvalue weighted by Gasteiger charge is 2.17. The van der Waals surface area contributed by atoms with E-state index in [1.165, 1.54) is 22.9 Å². The summed E-state index contributed by atoms with van der Waals surface area (Å²) in [7, 11) is 0. The van der Waals surface area contributed by atoms with E-state index in [9.17, 15) is 14.0 Å². The van der Waals surface area contributed by atoms with E-state index in [1.807, 2.05) is 0 Å². The Morgan fingerprint density at radius 3 is 2.70 bits per heavy atom. The molecule has 0 spiro atoms. The van der Waals surface area contributed by atoms with Crippen LogP contribution in [0.3, 0.4) is 0 Å². The second kappa shape index (κ2) is 7.85. The van der Waals surface area contributed by atoms with Crippen LogP contribution in [0.2, 0.25) is 0 Å². The number of nitrogens with zero attached hydrogens (tertiary/aromatic N) is 2. The van der Waals surface area contributed by atoms with Crippen LogP contribution in [-0.2, 0) is 0 Å². The molecule has 1 aromatic carbocycles. The van der Waals surface area contributed by atoms with Crippen molar-refractivity contribution in [2.24, 2.45) is 5.73 Å². The smallest absolute Gasteiger partial charge is 0.276 e. The number of amides is 1. The Bertz CT molecular complexity index is 763. The lowest BCUT2D eigenvalue weighted by molar-refractivity contribution is 0.0933. The highest BCUT2D eigenvalue weighted by molar-refractivity contribution is 5.92. The van der Waals surface area contributed by atoms with E-state index < -0.39 is 17.2 Å². The number of para-hydroxylation sites is 1. The molecule has 0 aliphatic rings. The maximum atomic E-state index is 13.9. The molecule has 2 aromatic rings. The predicted molar refractivity (Wildman–Crippen MR) is 87.8 cm³/mol. The van der Waals surface area contributed by atoms with Crippen LogP contribution in [0.5, 0.6) is 0 Å². The van der Waals surface area contributed by atoms with Crippen molar-refractivity contribution in [3.8, 4) is 5.69 Å². The van der Waals surface area contributed by atoms with Crippen LogP contribution < -0.4 is 16.5 Å². The summed E-state index contributed by atoms with van der Waals surface area (Å²) in [5.74, 6) is -1.13. The number of aryl methyl sites for hydroxylation is 1. The van der Waals surface area contributed by atoms with Gasteiger partial charge in [-0.1, -0.05) is 12.1 Å². The molecule has 124 valence electrons. The van der Waals surface area contributed by atoms with Crippen LogP contribution >= 0.6 is 12.4 Å². The first-order valence-electron chi connectivity index (χ1n) is 6.81. The number of hydrogen-bond donors (Lipinski definition) is 2. The molecule has 6 nitrogen and oxygen atoms in total. The Morgan fingerprint density at radius 2 is 2.09 bits per heavy atom. The third kappa shape index (κ3) is 4.14. The van der Waals surface area contributed by atoms with E-state index in [-0.39, 0.29) is 36.4 Å². The summed E-state index contributed by atoms with van der Waals surface area (Å²) < 4.78 is 15.1. The lowest BCUT2D eigenvalue weighted by atomic mass is 10.2. The van der Waals surface area contributed by atoms with Gasteiger partial charge in [0, 0.05) is 24.3 Å². The minimum Gasteiger partial charge on any atom is -0.347 e. The first kappa shape index (κ1) is 18.8. The topological polar surface area (TPSA) is 90.0 Å². The fourth-order valence-electron chi connectivity index (χ4n) is 1.92.